The number of amides is 2. The predicted octanol–water partition coefficient (Wildman–Crippen LogP) is 4.39. The number of nitrogens with one attached hydrogen (secondary N) is 1. The Morgan fingerprint density at radius 3 is 2.35 bits per heavy atom. The molecule has 0 saturated carbocycles. The van der Waals surface area contributed by atoms with E-state index in [0.29, 0.717) is 11.3 Å². The minimum atomic E-state index is -0.732. The Hall–Kier alpha value is -2.68. The zero-order chi connectivity index (χ0) is 23.1. The number of thioether (sulfide) groups is 1. The Bertz CT molecular complexity index is 1030. The maximum atomic E-state index is 13.0. The molecule has 0 aliphatic carbocycles. The second-order valence-electron chi connectivity index (χ2n) is 9.45. The number of ether oxygens (including phenoxy) is 2. The fraction of sp³-hybridized carbons (Fsp3) is 0.500. The summed E-state index contributed by atoms with van der Waals surface area (Å²) in [5.41, 5.74) is 0.150. The van der Waals surface area contributed by atoms with Gasteiger partial charge in [-0.15, -0.1) is 11.8 Å². The lowest BCUT2D eigenvalue weighted by molar-refractivity contribution is -0.119. The highest BCUT2D eigenvalue weighted by molar-refractivity contribution is 7.99. The topological polar surface area (TPSA) is 89.9 Å². The second kappa shape index (κ2) is 8.11. The molecule has 2 aromatic rings. The van der Waals surface area contributed by atoms with Gasteiger partial charge in [-0.2, -0.15) is 0 Å². The van der Waals surface area contributed by atoms with E-state index in [4.69, 9.17) is 9.47 Å². The lowest BCUT2D eigenvalue weighted by Gasteiger charge is -2.24. The molecule has 1 N–H and O–H groups in total. The van der Waals surface area contributed by atoms with E-state index < -0.39 is 29.4 Å². The number of anilines is 1. The van der Waals surface area contributed by atoms with Crippen molar-refractivity contribution in [3.05, 3.63) is 24.4 Å². The Kier molecular flexibility index (Phi) is 6.01. The van der Waals surface area contributed by atoms with E-state index in [1.807, 2.05) is 39.0 Å². The van der Waals surface area contributed by atoms with Crippen LogP contribution in [0.3, 0.4) is 0 Å². The summed E-state index contributed by atoms with van der Waals surface area (Å²) in [6.45, 7) is 10.8. The summed E-state index contributed by atoms with van der Waals surface area (Å²) < 4.78 is 12.2. The normalized spacial score (nSPS) is 17.2. The molecule has 2 heterocycles. The number of benzene rings is 1. The molecule has 0 spiro atoms. The van der Waals surface area contributed by atoms with Crippen LogP contribution in [0.15, 0.2) is 29.3 Å². The van der Waals surface area contributed by atoms with Crippen LogP contribution in [0.1, 0.15) is 41.5 Å². The van der Waals surface area contributed by atoms with E-state index in [-0.39, 0.29) is 5.91 Å². The van der Waals surface area contributed by atoms with Gasteiger partial charge >= 0.3 is 12.2 Å². The number of carbonyl (C=O) groups is 3. The summed E-state index contributed by atoms with van der Waals surface area (Å²) in [5.74, 6) is 0.108. The minimum Gasteiger partial charge on any atom is -0.444 e. The largest absolute Gasteiger partial charge is 0.444 e. The highest BCUT2D eigenvalue weighted by atomic mass is 32.2. The smallest absolute Gasteiger partial charge is 0.418 e. The molecular formula is C22H29N3O5S. The molecule has 31 heavy (non-hydrogen) atoms. The minimum absolute atomic E-state index is 0.233. The molecule has 0 saturated heterocycles. The number of rotatable bonds is 1. The van der Waals surface area contributed by atoms with E-state index in [0.717, 1.165) is 16.0 Å². The third kappa shape index (κ3) is 5.33. The lowest BCUT2D eigenvalue weighted by atomic mass is 10.2. The van der Waals surface area contributed by atoms with Gasteiger partial charge < -0.3 is 19.7 Å². The van der Waals surface area contributed by atoms with E-state index in [1.165, 1.54) is 21.2 Å². The molecule has 0 bridgehead atoms. The summed E-state index contributed by atoms with van der Waals surface area (Å²) >= 11 is 1.44. The van der Waals surface area contributed by atoms with E-state index in [9.17, 15) is 14.4 Å². The Morgan fingerprint density at radius 1 is 1.10 bits per heavy atom. The molecule has 8 nitrogen and oxygen atoms in total. The summed E-state index contributed by atoms with van der Waals surface area (Å²) in [6, 6.07) is 4.82. The van der Waals surface area contributed by atoms with Crippen molar-refractivity contribution in [2.24, 2.45) is 0 Å². The van der Waals surface area contributed by atoms with Crippen LogP contribution in [-0.4, -0.2) is 52.7 Å². The van der Waals surface area contributed by atoms with E-state index in [1.54, 1.807) is 34.0 Å². The quantitative estimate of drug-likeness (QED) is 0.698. The molecule has 1 aromatic carbocycles. The molecule has 9 heteroatoms. The van der Waals surface area contributed by atoms with Crippen molar-refractivity contribution >= 4 is 46.4 Å². The molecule has 1 aromatic heterocycles. The van der Waals surface area contributed by atoms with E-state index in [2.05, 4.69) is 5.32 Å². The summed E-state index contributed by atoms with van der Waals surface area (Å²) in [6.07, 6.45) is 0.569. The highest BCUT2D eigenvalue weighted by Gasteiger charge is 2.32. The van der Waals surface area contributed by atoms with Crippen LogP contribution in [0, 0.1) is 0 Å². The van der Waals surface area contributed by atoms with E-state index >= 15 is 0 Å². The number of hydrogen-bond acceptors (Lipinski definition) is 6. The molecule has 0 unspecified atom stereocenters. The van der Waals surface area contributed by atoms with Crippen molar-refractivity contribution in [1.29, 1.82) is 0 Å². The summed E-state index contributed by atoms with van der Waals surface area (Å²) in [7, 11) is 1.67. The number of nitrogens with zero attached hydrogens (tertiary/aromatic N) is 2. The van der Waals surface area contributed by atoms with Gasteiger partial charge in [-0.3, -0.25) is 9.36 Å². The van der Waals surface area contributed by atoms with Crippen molar-refractivity contribution in [2.45, 2.75) is 63.7 Å². The molecule has 0 radical (unpaired) electrons. The van der Waals surface area contributed by atoms with Crippen molar-refractivity contribution in [2.75, 3.05) is 17.7 Å². The zero-order valence-electron chi connectivity index (χ0n) is 18.9. The lowest BCUT2D eigenvalue weighted by Crippen LogP contribution is -2.49. The van der Waals surface area contributed by atoms with Crippen molar-refractivity contribution < 1.29 is 23.9 Å². The van der Waals surface area contributed by atoms with Crippen molar-refractivity contribution in [1.82, 2.24) is 9.88 Å². The van der Waals surface area contributed by atoms with Gasteiger partial charge in [0.25, 0.3) is 0 Å². The number of aromatic nitrogens is 1. The van der Waals surface area contributed by atoms with Gasteiger partial charge in [-0.05, 0) is 59.7 Å². The van der Waals surface area contributed by atoms with Gasteiger partial charge in [0.1, 0.15) is 17.2 Å². The maximum absolute atomic E-state index is 13.0. The summed E-state index contributed by atoms with van der Waals surface area (Å²) in [4.78, 5) is 40.1. The van der Waals surface area contributed by atoms with Crippen LogP contribution in [0.25, 0.3) is 10.9 Å². The first-order valence-electron chi connectivity index (χ1n) is 10.0. The van der Waals surface area contributed by atoms with Crippen LogP contribution in [0.2, 0.25) is 0 Å². The third-order valence-corrected chi connectivity index (χ3v) is 5.59. The summed E-state index contributed by atoms with van der Waals surface area (Å²) in [5, 5.41) is 3.48. The first-order valence-corrected chi connectivity index (χ1v) is 11.0. The van der Waals surface area contributed by atoms with Crippen molar-refractivity contribution in [3.63, 3.8) is 0 Å². The SMILES string of the molecule is CN1C(=O)[C@@H](NC(=O)OC(C)(C)C)CSc2cc3c(ccn3C(=O)OC(C)(C)C)cc21. The highest BCUT2D eigenvalue weighted by Crippen LogP contribution is 2.37. The average molecular weight is 448 g/mol. The fourth-order valence-corrected chi connectivity index (χ4v) is 4.26. The Balaban J connectivity index is 1.88. The molecule has 1 aliphatic heterocycles. The molecule has 0 fully saturated rings. The number of alkyl carbamates (subject to hydrolysis) is 1. The first-order chi connectivity index (χ1) is 14.2. The average Bonchev–Trinajstić information content (AvgIpc) is 2.98. The standard InChI is InChI=1S/C22H29N3O5S/c1-21(2,3)29-19(27)23-14-12-31-17-11-15-13(10-16(17)24(7)18(14)26)8-9-25(15)20(28)30-22(4,5)6/h8-11,14H,12H2,1-7H3,(H,23,27)/t14-/m0/s1. The van der Waals surface area contributed by atoms with Crippen LogP contribution >= 0.6 is 11.8 Å². The van der Waals surface area contributed by atoms with Crippen molar-refractivity contribution in [3.8, 4) is 0 Å². The molecule has 2 amide bonds. The molecule has 1 atom stereocenters. The molecule has 1 aliphatic rings. The monoisotopic (exact) mass is 447 g/mol. The Morgan fingerprint density at radius 2 is 1.74 bits per heavy atom. The van der Waals surface area contributed by atoms with Gasteiger partial charge in [0.2, 0.25) is 5.91 Å². The molecular weight excluding hydrogens is 418 g/mol. The van der Waals surface area contributed by atoms with Gasteiger partial charge in [0.05, 0.1) is 11.2 Å². The number of hydrogen-bond donors (Lipinski definition) is 1. The fourth-order valence-electron chi connectivity index (χ4n) is 3.15. The predicted molar refractivity (Wildman–Crippen MR) is 121 cm³/mol. The van der Waals surface area contributed by atoms with Crippen LogP contribution in [-0.2, 0) is 14.3 Å². The van der Waals surface area contributed by atoms with Gasteiger partial charge in [-0.1, -0.05) is 0 Å². The Labute approximate surface area is 186 Å². The van der Waals surface area contributed by atoms with Crippen LogP contribution < -0.4 is 10.2 Å². The number of fused-ring (bicyclic) bond motifs is 2. The molecule has 3 rings (SSSR count). The zero-order valence-corrected chi connectivity index (χ0v) is 19.8. The molecule has 168 valence electrons. The number of likely N-dealkylation sites (N-methyl/N-ethyl adjacent to an activating group) is 1. The number of carbonyl (C=O) groups excluding carboxylic acids is 3. The second-order valence-corrected chi connectivity index (χ2v) is 10.5. The van der Waals surface area contributed by atoms with Gasteiger partial charge in [-0.25, -0.2) is 9.59 Å². The van der Waals surface area contributed by atoms with Gasteiger partial charge in [0.15, 0.2) is 0 Å². The van der Waals surface area contributed by atoms with Crippen LogP contribution in [0.5, 0.6) is 0 Å². The maximum Gasteiger partial charge on any atom is 0.418 e. The van der Waals surface area contributed by atoms with Gasteiger partial charge in [0, 0.05) is 29.3 Å². The first kappa shape index (κ1) is 23.0. The van der Waals surface area contributed by atoms with Crippen LogP contribution in [0.4, 0.5) is 15.3 Å². The third-order valence-electron chi connectivity index (χ3n) is 4.45.